The third-order valence-corrected chi connectivity index (χ3v) is 3.77. The third-order valence-electron chi connectivity index (χ3n) is 3.52. The van der Waals surface area contributed by atoms with Gasteiger partial charge in [-0.1, -0.05) is 23.7 Å². The summed E-state index contributed by atoms with van der Waals surface area (Å²) in [6.45, 7) is -0.141. The molecule has 0 bridgehead atoms. The van der Waals surface area contributed by atoms with Gasteiger partial charge in [0.15, 0.2) is 5.82 Å². The van der Waals surface area contributed by atoms with Crippen LogP contribution in [0.25, 0.3) is 22.6 Å². The lowest BCUT2D eigenvalue weighted by Crippen LogP contribution is -2.23. The fourth-order valence-corrected chi connectivity index (χ4v) is 2.34. The molecular formula is C18H17ClN4O2. The fourth-order valence-electron chi connectivity index (χ4n) is 2.22. The quantitative estimate of drug-likeness (QED) is 0.629. The molecule has 128 valence electrons. The lowest BCUT2D eigenvalue weighted by atomic mass is 10.1. The molecule has 3 N–H and O–H groups in total. The van der Waals surface area contributed by atoms with Gasteiger partial charge in [0.2, 0.25) is 0 Å². The van der Waals surface area contributed by atoms with Crippen molar-refractivity contribution in [2.45, 2.75) is 6.10 Å². The van der Waals surface area contributed by atoms with Crippen molar-refractivity contribution in [1.82, 2.24) is 15.0 Å². The summed E-state index contributed by atoms with van der Waals surface area (Å²) in [4.78, 5) is 13.2. The van der Waals surface area contributed by atoms with Crippen molar-refractivity contribution < 1.29 is 10.2 Å². The first-order valence-corrected chi connectivity index (χ1v) is 8.11. The molecule has 2 aromatic heterocycles. The molecule has 1 unspecified atom stereocenters. The Labute approximate surface area is 150 Å². The summed E-state index contributed by atoms with van der Waals surface area (Å²) in [7, 11) is 0. The zero-order valence-corrected chi connectivity index (χ0v) is 14.1. The largest absolute Gasteiger partial charge is 0.394 e. The highest BCUT2D eigenvalue weighted by Crippen LogP contribution is 2.25. The van der Waals surface area contributed by atoms with Crippen LogP contribution in [0.4, 0.5) is 5.82 Å². The van der Waals surface area contributed by atoms with Crippen LogP contribution in [0.3, 0.4) is 0 Å². The molecular weight excluding hydrogens is 340 g/mol. The maximum absolute atomic E-state index is 9.54. The second-order valence-electron chi connectivity index (χ2n) is 5.43. The van der Waals surface area contributed by atoms with E-state index in [1.54, 1.807) is 30.6 Å². The van der Waals surface area contributed by atoms with Crippen LogP contribution in [0.2, 0.25) is 5.02 Å². The fraction of sp³-hybridized carbons (Fsp3) is 0.167. The van der Waals surface area contributed by atoms with Crippen LogP contribution >= 0.6 is 11.6 Å². The molecule has 2 heterocycles. The molecule has 0 radical (unpaired) electrons. The Bertz CT molecular complexity index is 828. The predicted molar refractivity (Wildman–Crippen MR) is 97.3 cm³/mol. The number of benzene rings is 1. The van der Waals surface area contributed by atoms with Gasteiger partial charge in [0, 0.05) is 41.2 Å². The summed E-state index contributed by atoms with van der Waals surface area (Å²) < 4.78 is 0. The summed E-state index contributed by atoms with van der Waals surface area (Å²) in [5, 5.41) is 22.2. The first-order valence-electron chi connectivity index (χ1n) is 7.74. The summed E-state index contributed by atoms with van der Waals surface area (Å²) >= 11 is 5.95. The number of aliphatic hydroxyl groups excluding tert-OH is 2. The van der Waals surface area contributed by atoms with Crippen LogP contribution < -0.4 is 5.32 Å². The Morgan fingerprint density at radius 3 is 2.56 bits per heavy atom. The van der Waals surface area contributed by atoms with Crippen LogP contribution in [0, 0.1) is 0 Å². The molecule has 6 nitrogen and oxygen atoms in total. The molecule has 3 rings (SSSR count). The number of nitrogens with one attached hydrogen (secondary N) is 1. The average Bonchev–Trinajstić information content (AvgIpc) is 2.67. The first kappa shape index (κ1) is 17.3. The number of nitrogens with zero attached hydrogens (tertiary/aromatic N) is 3. The molecule has 0 spiro atoms. The average molecular weight is 357 g/mol. The topological polar surface area (TPSA) is 91.2 Å². The van der Waals surface area contributed by atoms with Crippen molar-refractivity contribution in [3.63, 3.8) is 0 Å². The van der Waals surface area contributed by atoms with Gasteiger partial charge in [0.05, 0.1) is 18.4 Å². The molecule has 0 fully saturated rings. The summed E-state index contributed by atoms with van der Waals surface area (Å²) in [5.41, 5.74) is 2.39. The zero-order chi connectivity index (χ0) is 17.6. The molecule has 0 saturated heterocycles. The minimum atomic E-state index is -0.865. The summed E-state index contributed by atoms with van der Waals surface area (Å²) in [5.74, 6) is 1.06. The number of hydrogen-bond acceptors (Lipinski definition) is 6. The SMILES string of the molecule is OCC(O)CNc1cc(-c2ccc(Cl)cc2)nc(-c2cccnc2)n1. The van der Waals surface area contributed by atoms with Crippen molar-refractivity contribution in [2.75, 3.05) is 18.5 Å². The lowest BCUT2D eigenvalue weighted by molar-refractivity contribution is 0.105. The van der Waals surface area contributed by atoms with Gasteiger partial charge in [-0.05, 0) is 24.3 Å². The van der Waals surface area contributed by atoms with Crippen LogP contribution in [-0.4, -0.2) is 44.4 Å². The van der Waals surface area contributed by atoms with E-state index in [2.05, 4.69) is 20.3 Å². The molecule has 0 aliphatic heterocycles. The van der Waals surface area contributed by atoms with E-state index in [0.29, 0.717) is 22.4 Å². The van der Waals surface area contributed by atoms with E-state index < -0.39 is 6.10 Å². The molecule has 7 heteroatoms. The number of pyridine rings is 1. The van der Waals surface area contributed by atoms with Crippen LogP contribution in [-0.2, 0) is 0 Å². The van der Waals surface area contributed by atoms with Crippen LogP contribution in [0.1, 0.15) is 0 Å². The Hall–Kier alpha value is -2.54. The maximum Gasteiger partial charge on any atom is 0.163 e. The van der Waals surface area contributed by atoms with Crippen LogP contribution in [0.15, 0.2) is 54.9 Å². The second-order valence-corrected chi connectivity index (χ2v) is 5.86. The van der Waals surface area contributed by atoms with E-state index in [0.717, 1.165) is 11.1 Å². The molecule has 3 aromatic rings. The van der Waals surface area contributed by atoms with Crippen molar-refractivity contribution in [2.24, 2.45) is 0 Å². The van der Waals surface area contributed by atoms with Gasteiger partial charge in [-0.25, -0.2) is 9.97 Å². The van der Waals surface area contributed by atoms with E-state index >= 15 is 0 Å². The highest BCUT2D eigenvalue weighted by molar-refractivity contribution is 6.30. The van der Waals surface area contributed by atoms with Gasteiger partial charge in [0.1, 0.15) is 5.82 Å². The monoisotopic (exact) mass is 356 g/mol. The van der Waals surface area contributed by atoms with Gasteiger partial charge in [-0.2, -0.15) is 0 Å². The van der Waals surface area contributed by atoms with E-state index in [1.807, 2.05) is 24.3 Å². The number of anilines is 1. The highest BCUT2D eigenvalue weighted by atomic mass is 35.5. The first-order chi connectivity index (χ1) is 12.2. The number of rotatable bonds is 6. The molecule has 1 aromatic carbocycles. The van der Waals surface area contributed by atoms with Crippen molar-refractivity contribution in [1.29, 1.82) is 0 Å². The van der Waals surface area contributed by atoms with E-state index in [-0.39, 0.29) is 13.2 Å². The summed E-state index contributed by atoms with van der Waals surface area (Å²) in [6.07, 6.45) is 2.51. The zero-order valence-electron chi connectivity index (χ0n) is 13.3. The minimum absolute atomic E-state index is 0.181. The Morgan fingerprint density at radius 2 is 1.88 bits per heavy atom. The van der Waals surface area contributed by atoms with E-state index in [9.17, 15) is 5.11 Å². The van der Waals surface area contributed by atoms with Gasteiger partial charge < -0.3 is 15.5 Å². The van der Waals surface area contributed by atoms with Gasteiger partial charge in [-0.15, -0.1) is 0 Å². The second kappa shape index (κ2) is 8.02. The molecule has 0 saturated carbocycles. The molecule has 25 heavy (non-hydrogen) atoms. The number of halogens is 1. The van der Waals surface area contributed by atoms with Gasteiger partial charge >= 0.3 is 0 Å². The van der Waals surface area contributed by atoms with E-state index in [1.165, 1.54) is 0 Å². The van der Waals surface area contributed by atoms with Crippen molar-refractivity contribution >= 4 is 17.4 Å². The number of hydrogen-bond donors (Lipinski definition) is 3. The maximum atomic E-state index is 9.54. The predicted octanol–water partition coefficient (Wildman–Crippen LogP) is 2.62. The highest BCUT2D eigenvalue weighted by Gasteiger charge is 2.10. The van der Waals surface area contributed by atoms with Crippen molar-refractivity contribution in [3.05, 3.63) is 59.9 Å². The van der Waals surface area contributed by atoms with Gasteiger partial charge in [0.25, 0.3) is 0 Å². The third kappa shape index (κ3) is 4.51. The van der Waals surface area contributed by atoms with Crippen LogP contribution in [0.5, 0.6) is 0 Å². The normalized spacial score (nSPS) is 12.0. The number of aliphatic hydroxyl groups is 2. The molecule has 0 aliphatic carbocycles. The van der Waals surface area contributed by atoms with Gasteiger partial charge in [-0.3, -0.25) is 4.98 Å². The Kier molecular flexibility index (Phi) is 5.55. The minimum Gasteiger partial charge on any atom is -0.394 e. The number of aromatic nitrogens is 3. The Morgan fingerprint density at radius 1 is 1.08 bits per heavy atom. The Balaban J connectivity index is 2.00. The van der Waals surface area contributed by atoms with Crippen molar-refractivity contribution in [3.8, 4) is 22.6 Å². The smallest absolute Gasteiger partial charge is 0.163 e. The summed E-state index contributed by atoms with van der Waals surface area (Å²) in [6, 6.07) is 12.8. The molecule has 1 atom stereocenters. The molecule has 0 aliphatic rings. The molecule has 0 amide bonds. The standard InChI is InChI=1S/C18H17ClN4O2/c19-14-5-3-12(4-6-14)16-8-17(21-10-15(25)11-24)23-18(22-16)13-2-1-7-20-9-13/h1-9,15,24-25H,10-11H2,(H,21,22,23). The van der Waals surface area contributed by atoms with E-state index in [4.69, 9.17) is 16.7 Å². The lowest BCUT2D eigenvalue weighted by Gasteiger charge is -2.12.